The maximum atomic E-state index is 5.38. The number of nitrogens with one attached hydrogen (secondary N) is 2. The Morgan fingerprint density at radius 1 is 1.26 bits per heavy atom. The molecular formula is C15H25N7O. The van der Waals surface area contributed by atoms with E-state index >= 15 is 0 Å². The molecule has 8 nitrogen and oxygen atoms in total. The zero-order valence-corrected chi connectivity index (χ0v) is 14.3. The van der Waals surface area contributed by atoms with Crippen LogP contribution in [0, 0.1) is 0 Å². The molecule has 2 N–H and O–H groups in total. The summed E-state index contributed by atoms with van der Waals surface area (Å²) < 4.78 is 7.12. The highest BCUT2D eigenvalue weighted by atomic mass is 16.5. The summed E-state index contributed by atoms with van der Waals surface area (Å²) in [7, 11) is 1.87. The maximum absolute atomic E-state index is 5.38. The number of guanidine groups is 1. The summed E-state index contributed by atoms with van der Waals surface area (Å²) in [6, 6.07) is 0. The number of aryl methyl sites for hydroxylation is 3. The van der Waals surface area contributed by atoms with Crippen LogP contribution in [0.15, 0.2) is 15.8 Å². The van der Waals surface area contributed by atoms with E-state index in [1.54, 1.807) is 11.0 Å². The lowest BCUT2D eigenvalue weighted by Crippen LogP contribution is -2.37. The molecular weight excluding hydrogens is 294 g/mol. The first-order chi connectivity index (χ1) is 11.2. The van der Waals surface area contributed by atoms with Gasteiger partial charge in [0.15, 0.2) is 5.96 Å². The van der Waals surface area contributed by atoms with Gasteiger partial charge in [0.05, 0.1) is 18.8 Å². The summed E-state index contributed by atoms with van der Waals surface area (Å²) in [6.07, 6.45) is 3.21. The number of nitrogens with zero attached hydrogens (tertiary/aromatic N) is 5. The second-order valence-electron chi connectivity index (χ2n) is 5.09. The van der Waals surface area contributed by atoms with E-state index in [0.29, 0.717) is 13.1 Å². The maximum Gasteiger partial charge on any atom is 0.191 e. The summed E-state index contributed by atoms with van der Waals surface area (Å²) in [5.74, 6) is 2.50. The number of aliphatic imine (C=N–C) groups is 1. The molecule has 0 bridgehead atoms. The van der Waals surface area contributed by atoms with Crippen LogP contribution in [0.3, 0.4) is 0 Å². The Hall–Kier alpha value is -2.38. The van der Waals surface area contributed by atoms with Crippen molar-refractivity contribution in [3.8, 4) is 0 Å². The SMILES string of the molecule is CCNC(=NCc1c(CC)noc1CC)NCc1ncnn1C. The van der Waals surface area contributed by atoms with Crippen LogP contribution in [-0.2, 0) is 33.0 Å². The van der Waals surface area contributed by atoms with E-state index in [4.69, 9.17) is 4.52 Å². The summed E-state index contributed by atoms with van der Waals surface area (Å²) in [5.41, 5.74) is 2.07. The third-order valence-electron chi connectivity index (χ3n) is 3.57. The number of hydrogen-bond acceptors (Lipinski definition) is 5. The Morgan fingerprint density at radius 3 is 2.70 bits per heavy atom. The third kappa shape index (κ3) is 4.30. The van der Waals surface area contributed by atoms with Crippen molar-refractivity contribution in [2.45, 2.75) is 46.7 Å². The zero-order valence-electron chi connectivity index (χ0n) is 14.3. The largest absolute Gasteiger partial charge is 0.361 e. The molecule has 0 spiro atoms. The highest BCUT2D eigenvalue weighted by molar-refractivity contribution is 5.79. The first-order valence-corrected chi connectivity index (χ1v) is 8.00. The van der Waals surface area contributed by atoms with Crippen molar-refractivity contribution in [1.82, 2.24) is 30.6 Å². The van der Waals surface area contributed by atoms with Crippen LogP contribution in [0.1, 0.15) is 43.6 Å². The quantitative estimate of drug-likeness (QED) is 0.588. The molecule has 8 heteroatoms. The van der Waals surface area contributed by atoms with Gasteiger partial charge in [0.1, 0.15) is 17.9 Å². The Labute approximate surface area is 136 Å². The second-order valence-corrected chi connectivity index (χ2v) is 5.09. The van der Waals surface area contributed by atoms with Gasteiger partial charge in [-0.3, -0.25) is 4.68 Å². The summed E-state index contributed by atoms with van der Waals surface area (Å²) in [6.45, 7) is 8.06. The van der Waals surface area contributed by atoms with E-state index in [9.17, 15) is 0 Å². The van der Waals surface area contributed by atoms with E-state index in [-0.39, 0.29) is 0 Å². The van der Waals surface area contributed by atoms with Crippen molar-refractivity contribution in [1.29, 1.82) is 0 Å². The van der Waals surface area contributed by atoms with Gasteiger partial charge in [-0.1, -0.05) is 19.0 Å². The average molecular weight is 319 g/mol. The Morgan fingerprint density at radius 2 is 2.09 bits per heavy atom. The molecule has 2 rings (SSSR count). The monoisotopic (exact) mass is 319 g/mol. The number of hydrogen-bond donors (Lipinski definition) is 2. The third-order valence-corrected chi connectivity index (χ3v) is 3.57. The van der Waals surface area contributed by atoms with E-state index in [2.05, 4.69) is 44.7 Å². The molecule has 0 aliphatic rings. The van der Waals surface area contributed by atoms with Crippen LogP contribution in [0.2, 0.25) is 0 Å². The van der Waals surface area contributed by atoms with Gasteiger partial charge >= 0.3 is 0 Å². The molecule has 2 aromatic rings. The molecule has 0 aromatic carbocycles. The van der Waals surface area contributed by atoms with Gasteiger partial charge in [-0.05, 0) is 13.3 Å². The lowest BCUT2D eigenvalue weighted by Gasteiger charge is -2.11. The normalized spacial score (nSPS) is 11.7. The molecule has 0 amide bonds. The minimum atomic E-state index is 0.546. The van der Waals surface area contributed by atoms with Crippen LogP contribution in [0.25, 0.3) is 0 Å². The fraction of sp³-hybridized carbons (Fsp3) is 0.600. The molecule has 0 radical (unpaired) electrons. The van der Waals surface area contributed by atoms with Gasteiger partial charge in [-0.25, -0.2) is 9.98 Å². The summed E-state index contributed by atoms with van der Waals surface area (Å²) >= 11 is 0. The van der Waals surface area contributed by atoms with E-state index in [1.165, 1.54) is 0 Å². The molecule has 126 valence electrons. The second kappa shape index (κ2) is 8.30. The Balaban J connectivity index is 2.06. The molecule has 2 heterocycles. The average Bonchev–Trinajstić information content (AvgIpc) is 3.15. The lowest BCUT2D eigenvalue weighted by atomic mass is 10.1. The Kier molecular flexibility index (Phi) is 6.13. The topological polar surface area (TPSA) is 93.2 Å². The molecule has 0 unspecified atom stereocenters. The van der Waals surface area contributed by atoms with Gasteiger partial charge in [0, 0.05) is 25.6 Å². The Bertz CT molecular complexity index is 623. The van der Waals surface area contributed by atoms with E-state index < -0.39 is 0 Å². The summed E-state index contributed by atoms with van der Waals surface area (Å²) in [4.78, 5) is 8.83. The van der Waals surface area contributed by atoms with Crippen LogP contribution < -0.4 is 10.6 Å². The predicted molar refractivity (Wildman–Crippen MR) is 87.9 cm³/mol. The van der Waals surface area contributed by atoms with Crippen molar-refractivity contribution < 1.29 is 4.52 Å². The first kappa shape index (κ1) is 17.0. The van der Waals surface area contributed by atoms with Crippen LogP contribution in [0.4, 0.5) is 0 Å². The first-order valence-electron chi connectivity index (χ1n) is 8.00. The van der Waals surface area contributed by atoms with Crippen molar-refractivity contribution in [3.63, 3.8) is 0 Å². The standard InChI is InChI=1S/C15H25N7O/c1-5-12-11(13(6-2)23-21-12)8-17-15(16-7-3)18-9-14-19-10-20-22(14)4/h10H,5-9H2,1-4H3,(H2,16,17,18). The van der Waals surface area contributed by atoms with Crippen molar-refractivity contribution in [3.05, 3.63) is 29.2 Å². The molecule has 0 fully saturated rings. The molecule has 0 aliphatic carbocycles. The molecule has 0 aliphatic heterocycles. The van der Waals surface area contributed by atoms with Gasteiger partial charge in [0.25, 0.3) is 0 Å². The van der Waals surface area contributed by atoms with Gasteiger partial charge in [-0.2, -0.15) is 5.10 Å². The molecule has 0 atom stereocenters. The highest BCUT2D eigenvalue weighted by Gasteiger charge is 2.13. The van der Waals surface area contributed by atoms with Crippen LogP contribution in [-0.4, -0.2) is 32.4 Å². The zero-order chi connectivity index (χ0) is 16.7. The molecule has 0 saturated heterocycles. The highest BCUT2D eigenvalue weighted by Crippen LogP contribution is 2.16. The summed E-state index contributed by atoms with van der Waals surface area (Å²) in [5, 5.41) is 14.7. The van der Waals surface area contributed by atoms with Crippen molar-refractivity contribution >= 4 is 5.96 Å². The fourth-order valence-corrected chi connectivity index (χ4v) is 2.26. The van der Waals surface area contributed by atoms with E-state index in [0.717, 1.165) is 48.2 Å². The van der Waals surface area contributed by atoms with Gasteiger partial charge < -0.3 is 15.2 Å². The van der Waals surface area contributed by atoms with Crippen LogP contribution in [0.5, 0.6) is 0 Å². The minimum Gasteiger partial charge on any atom is -0.361 e. The number of aromatic nitrogens is 4. The predicted octanol–water partition coefficient (Wildman–Crippen LogP) is 1.18. The minimum absolute atomic E-state index is 0.546. The van der Waals surface area contributed by atoms with Crippen LogP contribution >= 0.6 is 0 Å². The molecule has 0 saturated carbocycles. The van der Waals surface area contributed by atoms with Gasteiger partial charge in [0.2, 0.25) is 0 Å². The fourth-order valence-electron chi connectivity index (χ4n) is 2.26. The molecule has 23 heavy (non-hydrogen) atoms. The smallest absolute Gasteiger partial charge is 0.191 e. The number of rotatable bonds is 7. The van der Waals surface area contributed by atoms with Gasteiger partial charge in [-0.15, -0.1) is 0 Å². The molecule has 2 aromatic heterocycles. The van der Waals surface area contributed by atoms with Crippen molar-refractivity contribution in [2.75, 3.05) is 6.54 Å². The van der Waals surface area contributed by atoms with E-state index in [1.807, 2.05) is 14.0 Å². The van der Waals surface area contributed by atoms with Crippen molar-refractivity contribution in [2.24, 2.45) is 12.0 Å². The lowest BCUT2D eigenvalue weighted by molar-refractivity contribution is 0.380.